The molecule has 0 saturated carbocycles. The molecule has 0 amide bonds. The first-order valence-electron chi connectivity index (χ1n) is 3.67. The Balaban J connectivity index is 3.05. The molecule has 12 heavy (non-hydrogen) atoms. The topological polar surface area (TPSA) is 42.3 Å². The molecule has 1 heterocycles. The van der Waals surface area contributed by atoms with Crippen molar-refractivity contribution in [3.05, 3.63) is 30.1 Å². The average Bonchev–Trinajstić information content (AvgIpc) is 2.06. The predicted molar refractivity (Wildman–Crippen MR) is 45.4 cm³/mol. The fourth-order valence-corrected chi connectivity index (χ4v) is 0.896. The van der Waals surface area contributed by atoms with Crippen LogP contribution in [0.3, 0.4) is 0 Å². The first-order chi connectivity index (χ1) is 5.67. The minimum absolute atomic E-state index is 0.566. The number of carbonyl (C=O) groups excluding carboxylic acids is 1. The maximum absolute atomic E-state index is 10.1. The summed E-state index contributed by atoms with van der Waals surface area (Å²) in [6.07, 6.45) is 3.22. The summed E-state index contributed by atoms with van der Waals surface area (Å²) in [5.41, 5.74) is 0.205. The molecule has 3 nitrogen and oxygen atoms in total. The minimum atomic E-state index is -0.566. The van der Waals surface area contributed by atoms with Crippen LogP contribution in [0, 0.1) is 0 Å². The maximum Gasteiger partial charge on any atom is 0.235 e. The van der Waals surface area contributed by atoms with E-state index in [1.54, 1.807) is 12.3 Å². The first kappa shape index (κ1) is 8.62. The van der Waals surface area contributed by atoms with E-state index in [4.69, 9.17) is 0 Å². The van der Waals surface area contributed by atoms with E-state index in [1.807, 2.05) is 32.0 Å². The molecule has 0 fully saturated rings. The lowest BCUT2D eigenvalue weighted by atomic mass is 10.0. The Morgan fingerprint density at radius 3 is 2.75 bits per heavy atom. The number of isocyanates is 1. The van der Waals surface area contributed by atoms with Gasteiger partial charge in [-0.1, -0.05) is 6.07 Å². The van der Waals surface area contributed by atoms with Crippen LogP contribution in [-0.4, -0.2) is 11.1 Å². The van der Waals surface area contributed by atoms with E-state index in [9.17, 15) is 4.79 Å². The lowest BCUT2D eigenvalue weighted by Gasteiger charge is -2.15. The molecule has 0 atom stereocenters. The van der Waals surface area contributed by atoms with Crippen LogP contribution in [0.4, 0.5) is 0 Å². The second kappa shape index (κ2) is 3.28. The molecule has 0 bridgehead atoms. The van der Waals surface area contributed by atoms with Gasteiger partial charge in [0.15, 0.2) is 0 Å². The van der Waals surface area contributed by atoms with Crippen LogP contribution in [-0.2, 0) is 10.3 Å². The van der Waals surface area contributed by atoms with Gasteiger partial charge in [-0.05, 0) is 26.0 Å². The van der Waals surface area contributed by atoms with E-state index in [2.05, 4.69) is 9.98 Å². The van der Waals surface area contributed by atoms with Gasteiger partial charge in [-0.15, -0.1) is 0 Å². The van der Waals surface area contributed by atoms with Crippen LogP contribution < -0.4 is 0 Å². The second-order valence-corrected chi connectivity index (χ2v) is 2.98. The van der Waals surface area contributed by atoms with Crippen molar-refractivity contribution in [2.24, 2.45) is 4.99 Å². The molecule has 0 aliphatic rings. The van der Waals surface area contributed by atoms with Gasteiger partial charge in [0, 0.05) is 6.20 Å². The van der Waals surface area contributed by atoms with Crippen molar-refractivity contribution in [3.63, 3.8) is 0 Å². The summed E-state index contributed by atoms with van der Waals surface area (Å²) < 4.78 is 0. The highest BCUT2D eigenvalue weighted by atomic mass is 16.1. The van der Waals surface area contributed by atoms with Crippen molar-refractivity contribution < 1.29 is 4.79 Å². The summed E-state index contributed by atoms with van der Waals surface area (Å²) in [6.45, 7) is 3.64. The number of hydrogen-bond donors (Lipinski definition) is 0. The number of hydrogen-bond acceptors (Lipinski definition) is 3. The van der Waals surface area contributed by atoms with Gasteiger partial charge in [0.25, 0.3) is 0 Å². The average molecular weight is 162 g/mol. The molecule has 0 N–H and O–H groups in total. The van der Waals surface area contributed by atoms with Crippen LogP contribution in [0.25, 0.3) is 0 Å². The lowest BCUT2D eigenvalue weighted by Crippen LogP contribution is -2.14. The Bertz CT molecular complexity index is 300. The molecule has 62 valence electrons. The first-order valence-corrected chi connectivity index (χ1v) is 3.67. The zero-order valence-electron chi connectivity index (χ0n) is 7.11. The van der Waals surface area contributed by atoms with Crippen molar-refractivity contribution in [1.29, 1.82) is 0 Å². The van der Waals surface area contributed by atoms with Crippen molar-refractivity contribution >= 4 is 6.08 Å². The van der Waals surface area contributed by atoms with Gasteiger partial charge in [-0.2, -0.15) is 4.99 Å². The summed E-state index contributed by atoms with van der Waals surface area (Å²) in [7, 11) is 0. The molecule has 0 spiro atoms. The predicted octanol–water partition coefficient (Wildman–Crippen LogP) is 1.65. The smallest absolute Gasteiger partial charge is 0.235 e. The van der Waals surface area contributed by atoms with Crippen LogP contribution >= 0.6 is 0 Å². The summed E-state index contributed by atoms with van der Waals surface area (Å²) >= 11 is 0. The Labute approximate surface area is 71.2 Å². The van der Waals surface area contributed by atoms with E-state index in [0.717, 1.165) is 5.69 Å². The van der Waals surface area contributed by atoms with Crippen LogP contribution in [0.15, 0.2) is 29.4 Å². The summed E-state index contributed by atoms with van der Waals surface area (Å²) in [5.74, 6) is 0. The second-order valence-electron chi connectivity index (χ2n) is 2.98. The van der Waals surface area contributed by atoms with E-state index in [-0.39, 0.29) is 0 Å². The van der Waals surface area contributed by atoms with E-state index in [1.165, 1.54) is 0 Å². The SMILES string of the molecule is CC(C)(N=C=O)c1ccccn1. The lowest BCUT2D eigenvalue weighted by molar-refractivity contribution is 0.512. The zero-order valence-corrected chi connectivity index (χ0v) is 7.11. The van der Waals surface area contributed by atoms with Gasteiger partial charge >= 0.3 is 0 Å². The molecular formula is C9H10N2O. The fraction of sp³-hybridized carbons (Fsp3) is 0.333. The molecule has 0 aliphatic carbocycles. The van der Waals surface area contributed by atoms with Gasteiger partial charge in [-0.25, -0.2) is 4.79 Å². The largest absolute Gasteiger partial charge is 0.259 e. The molecule has 0 saturated heterocycles. The van der Waals surface area contributed by atoms with Crippen molar-refractivity contribution in [3.8, 4) is 0 Å². The number of aromatic nitrogens is 1. The Hall–Kier alpha value is -1.47. The molecular weight excluding hydrogens is 152 g/mol. The molecule has 1 aromatic rings. The number of rotatable bonds is 2. The molecule has 1 aromatic heterocycles. The van der Waals surface area contributed by atoms with Crippen LogP contribution in [0.5, 0.6) is 0 Å². The summed E-state index contributed by atoms with van der Waals surface area (Å²) in [6, 6.07) is 5.52. The normalized spacial score (nSPS) is 10.5. The highest BCUT2D eigenvalue weighted by Gasteiger charge is 2.19. The molecule has 0 aliphatic heterocycles. The monoisotopic (exact) mass is 162 g/mol. The Morgan fingerprint density at radius 2 is 2.25 bits per heavy atom. The van der Waals surface area contributed by atoms with E-state index in [0.29, 0.717) is 0 Å². The van der Waals surface area contributed by atoms with Crippen molar-refractivity contribution in [1.82, 2.24) is 4.98 Å². The quantitative estimate of drug-likeness (QED) is 0.490. The van der Waals surface area contributed by atoms with E-state index >= 15 is 0 Å². The maximum atomic E-state index is 10.1. The standard InChI is InChI=1S/C9H10N2O/c1-9(2,11-7-12)8-5-3-4-6-10-8/h3-6H,1-2H3. The highest BCUT2D eigenvalue weighted by Crippen LogP contribution is 2.20. The molecule has 0 unspecified atom stereocenters. The Morgan fingerprint density at radius 1 is 1.50 bits per heavy atom. The fourth-order valence-electron chi connectivity index (χ4n) is 0.896. The van der Waals surface area contributed by atoms with Gasteiger partial charge in [0.05, 0.1) is 5.69 Å². The van der Waals surface area contributed by atoms with Gasteiger partial charge < -0.3 is 0 Å². The third-order valence-corrected chi connectivity index (χ3v) is 1.62. The van der Waals surface area contributed by atoms with Crippen molar-refractivity contribution in [2.45, 2.75) is 19.4 Å². The molecule has 0 aromatic carbocycles. The number of aliphatic imine (C=N–C) groups is 1. The third kappa shape index (κ3) is 1.77. The van der Waals surface area contributed by atoms with E-state index < -0.39 is 5.54 Å². The van der Waals surface area contributed by atoms with Gasteiger partial charge in [-0.3, -0.25) is 4.98 Å². The van der Waals surface area contributed by atoms with Gasteiger partial charge in [0.1, 0.15) is 5.54 Å². The van der Waals surface area contributed by atoms with Crippen LogP contribution in [0.1, 0.15) is 19.5 Å². The minimum Gasteiger partial charge on any atom is -0.259 e. The van der Waals surface area contributed by atoms with Crippen LogP contribution in [0.2, 0.25) is 0 Å². The summed E-state index contributed by atoms with van der Waals surface area (Å²) in [5, 5.41) is 0. The third-order valence-electron chi connectivity index (χ3n) is 1.62. The highest BCUT2D eigenvalue weighted by molar-refractivity contribution is 5.36. The molecule has 0 radical (unpaired) electrons. The number of nitrogens with zero attached hydrogens (tertiary/aromatic N) is 2. The molecule has 1 rings (SSSR count). The summed E-state index contributed by atoms with van der Waals surface area (Å²) in [4.78, 5) is 17.8. The van der Waals surface area contributed by atoms with Gasteiger partial charge in [0.2, 0.25) is 6.08 Å². The number of pyridine rings is 1. The molecule has 3 heteroatoms. The Kier molecular flexibility index (Phi) is 2.36. The zero-order chi connectivity index (χ0) is 9.03. The van der Waals surface area contributed by atoms with Crippen molar-refractivity contribution in [2.75, 3.05) is 0 Å².